The van der Waals surface area contributed by atoms with Crippen LogP contribution in [0.25, 0.3) is 10.2 Å². The molecule has 2 aliphatic heterocycles. The van der Waals surface area contributed by atoms with Gasteiger partial charge in [0.15, 0.2) is 0 Å². The second-order valence-corrected chi connectivity index (χ2v) is 9.41. The van der Waals surface area contributed by atoms with E-state index < -0.39 is 0 Å². The Kier molecular flexibility index (Phi) is 5.54. The van der Waals surface area contributed by atoms with Crippen LogP contribution in [0.1, 0.15) is 16.9 Å². The average molecular weight is 424 g/mol. The number of anilines is 1. The number of pyridine rings is 1. The second-order valence-electron chi connectivity index (χ2n) is 8.33. The quantitative estimate of drug-likeness (QED) is 0.681. The first kappa shape index (κ1) is 19.7. The minimum absolute atomic E-state index is 0.641. The molecule has 0 spiro atoms. The summed E-state index contributed by atoms with van der Waals surface area (Å²) in [6.45, 7) is 8.15. The van der Waals surface area contributed by atoms with Crippen LogP contribution in [0, 0.1) is 5.41 Å². The summed E-state index contributed by atoms with van der Waals surface area (Å²) < 4.78 is 2.04. The molecule has 8 heteroatoms. The van der Waals surface area contributed by atoms with Gasteiger partial charge in [-0.2, -0.15) is 0 Å². The van der Waals surface area contributed by atoms with Gasteiger partial charge in [-0.1, -0.05) is 6.07 Å². The third-order valence-corrected chi connectivity index (χ3v) is 7.41. The van der Waals surface area contributed by atoms with Crippen LogP contribution in [-0.2, 0) is 19.5 Å². The van der Waals surface area contributed by atoms with Gasteiger partial charge in [-0.25, -0.2) is 9.97 Å². The molecule has 1 saturated heterocycles. The predicted octanol–water partition coefficient (Wildman–Crippen LogP) is 2.17. The van der Waals surface area contributed by atoms with Crippen molar-refractivity contribution in [3.63, 3.8) is 0 Å². The van der Waals surface area contributed by atoms with E-state index in [-0.39, 0.29) is 0 Å². The number of likely N-dealkylation sites (N-methyl/N-ethyl adjacent to an activating group) is 1. The summed E-state index contributed by atoms with van der Waals surface area (Å²) in [4.78, 5) is 18.8. The normalized spacial score (nSPS) is 18.1. The van der Waals surface area contributed by atoms with E-state index in [4.69, 9.17) is 10.4 Å². The largest absolute Gasteiger partial charge is 0.354 e. The lowest BCUT2D eigenvalue weighted by atomic mass is 10.1. The molecule has 1 fully saturated rings. The Bertz CT molecular complexity index is 1070. The molecular formula is C22H29N7S. The summed E-state index contributed by atoms with van der Waals surface area (Å²) in [6, 6.07) is 6.11. The topological polar surface area (TPSA) is 64.3 Å². The number of hydrogen-bond donors (Lipinski definition) is 1. The lowest BCUT2D eigenvalue weighted by Crippen LogP contribution is -2.47. The van der Waals surface area contributed by atoms with Crippen molar-refractivity contribution in [3.05, 3.63) is 46.7 Å². The summed E-state index contributed by atoms with van der Waals surface area (Å²) in [5, 5.41) is 9.87. The predicted molar refractivity (Wildman–Crippen MR) is 121 cm³/mol. The van der Waals surface area contributed by atoms with Crippen molar-refractivity contribution in [2.45, 2.75) is 25.9 Å². The highest BCUT2D eigenvalue weighted by Crippen LogP contribution is 2.31. The Labute approximate surface area is 181 Å². The molecule has 0 amide bonds. The maximum absolute atomic E-state index is 8.78. The number of rotatable bonds is 5. The van der Waals surface area contributed by atoms with Gasteiger partial charge < -0.3 is 14.4 Å². The zero-order valence-corrected chi connectivity index (χ0v) is 18.4. The van der Waals surface area contributed by atoms with Crippen LogP contribution < -0.4 is 10.4 Å². The molecule has 0 aliphatic carbocycles. The van der Waals surface area contributed by atoms with Crippen molar-refractivity contribution in [3.8, 4) is 0 Å². The van der Waals surface area contributed by atoms with E-state index in [1.54, 1.807) is 11.3 Å². The van der Waals surface area contributed by atoms with Crippen molar-refractivity contribution >= 4 is 27.4 Å². The lowest BCUT2D eigenvalue weighted by molar-refractivity contribution is 0.249. The zero-order chi connectivity index (χ0) is 20.5. The van der Waals surface area contributed by atoms with Crippen LogP contribution in [0.15, 0.2) is 30.7 Å². The molecule has 158 valence electrons. The number of aromatic nitrogens is 3. The molecule has 7 nitrogen and oxygen atoms in total. The number of hydrogen-bond acceptors (Lipinski definition) is 7. The van der Waals surface area contributed by atoms with E-state index in [1.807, 2.05) is 23.2 Å². The fourth-order valence-corrected chi connectivity index (χ4v) is 5.82. The van der Waals surface area contributed by atoms with Gasteiger partial charge in [0.1, 0.15) is 16.1 Å². The average Bonchev–Trinajstić information content (AvgIpc) is 3.14. The number of nitrogens with zero attached hydrogens (tertiary/aromatic N) is 6. The van der Waals surface area contributed by atoms with Gasteiger partial charge in [0.2, 0.25) is 0 Å². The smallest absolute Gasteiger partial charge is 0.136 e. The van der Waals surface area contributed by atoms with Crippen LogP contribution in [0.2, 0.25) is 0 Å². The highest BCUT2D eigenvalue weighted by atomic mass is 32.1. The van der Waals surface area contributed by atoms with Gasteiger partial charge in [-0.05, 0) is 44.1 Å². The molecule has 0 radical (unpaired) electrons. The first-order chi connectivity index (χ1) is 14.7. The maximum Gasteiger partial charge on any atom is 0.136 e. The molecule has 3 aromatic heterocycles. The first-order valence-electron chi connectivity index (χ1n) is 10.8. The fourth-order valence-electron chi connectivity index (χ4n) is 4.55. The standard InChI is InChI=1S/C22H29N7S/c1-26-10-6-17-18(15-26)30-22-20(17)21(23)29(16-25-22)9-4-8-27-11-13-28(14-12-27)19-5-2-3-7-24-19/h2-3,5,7,16,23H,4,6,8-15H2,1H3. The Morgan fingerprint density at radius 1 is 1.07 bits per heavy atom. The summed E-state index contributed by atoms with van der Waals surface area (Å²) in [6.07, 6.45) is 5.81. The molecule has 30 heavy (non-hydrogen) atoms. The van der Waals surface area contributed by atoms with Crippen LogP contribution in [0.5, 0.6) is 0 Å². The molecular weight excluding hydrogens is 394 g/mol. The number of aryl methyl sites for hydroxylation is 1. The van der Waals surface area contributed by atoms with Gasteiger partial charge >= 0.3 is 0 Å². The van der Waals surface area contributed by atoms with Crippen LogP contribution >= 0.6 is 11.3 Å². The van der Waals surface area contributed by atoms with Gasteiger partial charge in [0.05, 0.1) is 11.7 Å². The molecule has 5 heterocycles. The minimum Gasteiger partial charge on any atom is -0.354 e. The molecule has 0 aromatic carbocycles. The Morgan fingerprint density at radius 3 is 2.73 bits per heavy atom. The molecule has 1 N–H and O–H groups in total. The van der Waals surface area contributed by atoms with Gasteiger partial charge in [0, 0.05) is 56.9 Å². The van der Waals surface area contributed by atoms with Gasteiger partial charge in [-0.15, -0.1) is 11.3 Å². The number of piperazine rings is 1. The molecule has 0 unspecified atom stereocenters. The number of fused-ring (bicyclic) bond motifs is 3. The highest BCUT2D eigenvalue weighted by molar-refractivity contribution is 7.18. The van der Waals surface area contributed by atoms with E-state index in [9.17, 15) is 0 Å². The molecule has 2 aliphatic rings. The van der Waals surface area contributed by atoms with Crippen molar-refractivity contribution in [1.82, 2.24) is 24.3 Å². The van der Waals surface area contributed by atoms with Gasteiger partial charge in [0.25, 0.3) is 0 Å². The third-order valence-electron chi connectivity index (χ3n) is 6.29. The number of nitrogens with one attached hydrogen (secondary N) is 1. The molecule has 0 atom stereocenters. The summed E-state index contributed by atoms with van der Waals surface area (Å²) in [7, 11) is 2.17. The van der Waals surface area contributed by atoms with E-state index in [2.05, 4.69) is 38.9 Å². The monoisotopic (exact) mass is 423 g/mol. The van der Waals surface area contributed by atoms with Crippen LogP contribution in [-0.4, -0.2) is 70.7 Å². The summed E-state index contributed by atoms with van der Waals surface area (Å²) in [5.41, 5.74) is 2.01. The molecule has 0 saturated carbocycles. The highest BCUT2D eigenvalue weighted by Gasteiger charge is 2.21. The van der Waals surface area contributed by atoms with E-state index in [1.165, 1.54) is 10.4 Å². The fraction of sp³-hybridized carbons (Fsp3) is 0.500. The first-order valence-corrected chi connectivity index (χ1v) is 11.6. The lowest BCUT2D eigenvalue weighted by Gasteiger charge is -2.35. The minimum atomic E-state index is 0.641. The third kappa shape index (κ3) is 3.87. The van der Waals surface area contributed by atoms with E-state index >= 15 is 0 Å². The zero-order valence-electron chi connectivity index (χ0n) is 17.5. The van der Waals surface area contributed by atoms with Crippen molar-refractivity contribution in [1.29, 1.82) is 5.41 Å². The van der Waals surface area contributed by atoms with Gasteiger partial charge in [-0.3, -0.25) is 10.3 Å². The Morgan fingerprint density at radius 2 is 1.93 bits per heavy atom. The van der Waals surface area contributed by atoms with E-state index in [0.717, 1.165) is 81.2 Å². The van der Waals surface area contributed by atoms with Crippen molar-refractivity contribution < 1.29 is 0 Å². The molecule has 5 rings (SSSR count). The van der Waals surface area contributed by atoms with Crippen molar-refractivity contribution in [2.75, 3.05) is 51.2 Å². The molecule has 0 bridgehead atoms. The van der Waals surface area contributed by atoms with Crippen molar-refractivity contribution in [2.24, 2.45) is 0 Å². The van der Waals surface area contributed by atoms with Crippen LogP contribution in [0.4, 0.5) is 5.82 Å². The van der Waals surface area contributed by atoms with E-state index in [0.29, 0.717) is 5.49 Å². The molecule has 3 aromatic rings. The summed E-state index contributed by atoms with van der Waals surface area (Å²) >= 11 is 1.77. The summed E-state index contributed by atoms with van der Waals surface area (Å²) in [5.74, 6) is 1.08. The maximum atomic E-state index is 8.78. The van der Waals surface area contributed by atoms with Crippen LogP contribution in [0.3, 0.4) is 0 Å². The Balaban J connectivity index is 1.19. The second kappa shape index (κ2) is 8.45. The number of thiophene rings is 1. The SMILES string of the molecule is CN1CCc2c(sc3ncn(CCCN4CCN(c5ccccn5)CC4)c(=N)c23)C1. The Hall–Kier alpha value is -2.29.